The number of carbonyl (C=O) groups is 1. The molecule has 1 aliphatic carbocycles. The number of aromatic nitrogens is 4. The summed E-state index contributed by atoms with van der Waals surface area (Å²) in [5.41, 5.74) is 0.704. The Bertz CT molecular complexity index is 1050. The molecule has 3 aromatic rings. The van der Waals surface area contributed by atoms with Crippen LogP contribution in [-0.4, -0.2) is 25.2 Å². The van der Waals surface area contributed by atoms with Gasteiger partial charge in [-0.25, -0.2) is 4.79 Å². The maximum Gasteiger partial charge on any atom is 0.329 e. The van der Waals surface area contributed by atoms with Crippen LogP contribution in [-0.2, 0) is 23.9 Å². The molecule has 2 heterocycles. The number of hydrogen-bond donors (Lipinski definition) is 1. The molecule has 0 bridgehead atoms. The van der Waals surface area contributed by atoms with Crippen molar-refractivity contribution in [1.82, 2.24) is 24.6 Å². The lowest BCUT2D eigenvalue weighted by Gasteiger charge is -2.30. The molecule has 1 amide bonds. The van der Waals surface area contributed by atoms with Crippen LogP contribution in [0.15, 0.2) is 33.6 Å². The van der Waals surface area contributed by atoms with Crippen molar-refractivity contribution in [3.8, 4) is 0 Å². The van der Waals surface area contributed by atoms with Crippen LogP contribution < -0.4 is 11.0 Å². The Morgan fingerprint density at radius 2 is 1.86 bits per heavy atom. The van der Waals surface area contributed by atoms with Crippen molar-refractivity contribution in [3.05, 3.63) is 46.5 Å². The highest BCUT2D eigenvalue weighted by atomic mass is 16.5. The number of amides is 1. The van der Waals surface area contributed by atoms with Crippen molar-refractivity contribution < 1.29 is 9.32 Å². The van der Waals surface area contributed by atoms with E-state index in [2.05, 4.69) is 15.5 Å². The fourth-order valence-electron chi connectivity index (χ4n) is 4.20. The molecular formula is C20H25N5O3. The van der Waals surface area contributed by atoms with Crippen LogP contribution in [0.2, 0.25) is 0 Å². The zero-order valence-corrected chi connectivity index (χ0v) is 16.3. The molecule has 0 unspecified atom stereocenters. The van der Waals surface area contributed by atoms with Crippen molar-refractivity contribution in [1.29, 1.82) is 0 Å². The zero-order chi connectivity index (χ0) is 19.7. The number of nitrogens with one attached hydrogen (secondary N) is 1. The van der Waals surface area contributed by atoms with Gasteiger partial charge in [0.2, 0.25) is 11.8 Å². The fourth-order valence-corrected chi connectivity index (χ4v) is 4.20. The van der Waals surface area contributed by atoms with Gasteiger partial charge in [-0.2, -0.15) is 4.98 Å². The van der Waals surface area contributed by atoms with Crippen molar-refractivity contribution in [2.75, 3.05) is 0 Å². The number of carbonyl (C=O) groups excluding carboxylic acids is 1. The number of nitrogens with zero attached hydrogens (tertiary/aromatic N) is 4. The molecule has 1 aliphatic rings. The summed E-state index contributed by atoms with van der Waals surface area (Å²) in [5, 5.41) is 7.27. The van der Waals surface area contributed by atoms with Gasteiger partial charge >= 0.3 is 5.69 Å². The number of benzene rings is 1. The molecule has 0 spiro atoms. The molecule has 8 heteroatoms. The molecule has 1 N–H and O–H groups in total. The van der Waals surface area contributed by atoms with E-state index in [1.54, 1.807) is 18.5 Å². The highest BCUT2D eigenvalue weighted by molar-refractivity contribution is 5.81. The minimum Gasteiger partial charge on any atom is -0.342 e. The normalized spacial score (nSPS) is 16.8. The standard InChI is InChI=1S/C20H25N5O3/c1-14-21-18(23-28-14)20(11-7-3-4-8-12-20)22-17(26)13-25-16-10-6-5-9-15(16)24(2)19(25)27/h5-6,9-10H,3-4,7-8,11-13H2,1-2H3,(H,22,26). The molecule has 148 valence electrons. The molecule has 4 rings (SSSR count). The van der Waals surface area contributed by atoms with Crippen LogP contribution in [0, 0.1) is 6.92 Å². The molecule has 0 atom stereocenters. The first-order chi connectivity index (χ1) is 13.5. The molecule has 28 heavy (non-hydrogen) atoms. The Morgan fingerprint density at radius 1 is 1.18 bits per heavy atom. The van der Waals surface area contributed by atoms with E-state index in [-0.39, 0.29) is 18.1 Å². The van der Waals surface area contributed by atoms with E-state index in [4.69, 9.17) is 4.52 Å². The van der Waals surface area contributed by atoms with Crippen molar-refractivity contribution in [2.24, 2.45) is 7.05 Å². The molecular weight excluding hydrogens is 358 g/mol. The Morgan fingerprint density at radius 3 is 2.50 bits per heavy atom. The third-order valence-corrected chi connectivity index (χ3v) is 5.64. The fraction of sp³-hybridized carbons (Fsp3) is 0.500. The SMILES string of the molecule is Cc1nc(C2(NC(=O)Cn3c(=O)n(C)c4ccccc43)CCCCCC2)no1. The average molecular weight is 383 g/mol. The second-order valence-electron chi connectivity index (χ2n) is 7.60. The number of hydrogen-bond acceptors (Lipinski definition) is 5. The van der Waals surface area contributed by atoms with Gasteiger partial charge in [-0.1, -0.05) is 43.0 Å². The van der Waals surface area contributed by atoms with Gasteiger partial charge in [-0.05, 0) is 25.0 Å². The lowest BCUT2D eigenvalue weighted by atomic mass is 9.89. The lowest BCUT2D eigenvalue weighted by molar-refractivity contribution is -0.124. The number of para-hydroxylation sites is 2. The summed E-state index contributed by atoms with van der Waals surface area (Å²) in [5.74, 6) is 0.798. The van der Waals surface area contributed by atoms with Gasteiger partial charge in [0.05, 0.1) is 11.0 Å². The molecule has 1 aromatic carbocycles. The molecule has 8 nitrogen and oxygen atoms in total. The summed E-state index contributed by atoms with van der Waals surface area (Å²) in [6.45, 7) is 1.71. The topological polar surface area (TPSA) is 95.0 Å². The van der Waals surface area contributed by atoms with E-state index in [0.717, 1.165) is 49.6 Å². The van der Waals surface area contributed by atoms with E-state index >= 15 is 0 Å². The molecule has 0 saturated heterocycles. The van der Waals surface area contributed by atoms with Crippen LogP contribution in [0.5, 0.6) is 0 Å². The Hall–Kier alpha value is -2.90. The minimum absolute atomic E-state index is 0.0429. The Balaban J connectivity index is 1.64. The second-order valence-corrected chi connectivity index (χ2v) is 7.60. The van der Waals surface area contributed by atoms with Gasteiger partial charge in [0, 0.05) is 14.0 Å². The Labute approximate surface area is 162 Å². The average Bonchev–Trinajstić information content (AvgIpc) is 3.12. The second kappa shape index (κ2) is 7.26. The number of rotatable bonds is 4. The monoisotopic (exact) mass is 383 g/mol. The van der Waals surface area contributed by atoms with Gasteiger partial charge in [-0.3, -0.25) is 13.9 Å². The van der Waals surface area contributed by atoms with Crippen molar-refractivity contribution in [3.63, 3.8) is 0 Å². The van der Waals surface area contributed by atoms with Gasteiger partial charge in [-0.15, -0.1) is 0 Å². The van der Waals surface area contributed by atoms with E-state index in [9.17, 15) is 9.59 Å². The first kappa shape index (κ1) is 18.5. The molecule has 1 fully saturated rings. The zero-order valence-electron chi connectivity index (χ0n) is 16.3. The highest BCUT2D eigenvalue weighted by Gasteiger charge is 2.38. The molecule has 0 aliphatic heterocycles. The van der Waals surface area contributed by atoms with Crippen LogP contribution in [0.4, 0.5) is 0 Å². The molecule has 1 saturated carbocycles. The summed E-state index contributed by atoms with van der Waals surface area (Å²) in [6, 6.07) is 7.48. The van der Waals surface area contributed by atoms with Crippen LogP contribution >= 0.6 is 0 Å². The van der Waals surface area contributed by atoms with Crippen LogP contribution in [0.3, 0.4) is 0 Å². The smallest absolute Gasteiger partial charge is 0.329 e. The number of fused-ring (bicyclic) bond motifs is 1. The lowest BCUT2D eigenvalue weighted by Crippen LogP contribution is -2.48. The molecule has 2 aromatic heterocycles. The maximum atomic E-state index is 13.0. The number of aryl methyl sites for hydroxylation is 2. The minimum atomic E-state index is -0.639. The number of imidazole rings is 1. The molecule has 0 radical (unpaired) electrons. The largest absolute Gasteiger partial charge is 0.342 e. The first-order valence-electron chi connectivity index (χ1n) is 9.76. The van der Waals surface area contributed by atoms with E-state index in [1.165, 1.54) is 4.57 Å². The summed E-state index contributed by atoms with van der Waals surface area (Å²) < 4.78 is 8.27. The summed E-state index contributed by atoms with van der Waals surface area (Å²) >= 11 is 0. The highest BCUT2D eigenvalue weighted by Crippen LogP contribution is 2.34. The predicted molar refractivity (Wildman–Crippen MR) is 104 cm³/mol. The van der Waals surface area contributed by atoms with Crippen LogP contribution in [0.1, 0.15) is 50.2 Å². The van der Waals surface area contributed by atoms with Crippen molar-refractivity contribution >= 4 is 16.9 Å². The summed E-state index contributed by atoms with van der Waals surface area (Å²) in [4.78, 5) is 30.1. The van der Waals surface area contributed by atoms with E-state index in [0.29, 0.717) is 11.7 Å². The first-order valence-corrected chi connectivity index (χ1v) is 9.76. The third kappa shape index (κ3) is 3.23. The quantitative estimate of drug-likeness (QED) is 0.698. The van der Waals surface area contributed by atoms with E-state index < -0.39 is 5.54 Å². The summed E-state index contributed by atoms with van der Waals surface area (Å²) in [7, 11) is 1.72. The Kier molecular flexibility index (Phi) is 4.78. The van der Waals surface area contributed by atoms with Crippen molar-refractivity contribution in [2.45, 2.75) is 57.5 Å². The maximum absolute atomic E-state index is 13.0. The van der Waals surface area contributed by atoms with Crippen LogP contribution in [0.25, 0.3) is 11.0 Å². The van der Waals surface area contributed by atoms with Gasteiger partial charge in [0.1, 0.15) is 12.1 Å². The van der Waals surface area contributed by atoms with Gasteiger partial charge in [0.25, 0.3) is 0 Å². The predicted octanol–water partition coefficient (Wildman–Crippen LogP) is 2.40. The summed E-state index contributed by atoms with van der Waals surface area (Å²) in [6.07, 6.45) is 5.75. The van der Waals surface area contributed by atoms with Gasteiger partial charge < -0.3 is 9.84 Å². The third-order valence-electron chi connectivity index (χ3n) is 5.64. The van der Waals surface area contributed by atoms with E-state index in [1.807, 2.05) is 24.3 Å². The van der Waals surface area contributed by atoms with Gasteiger partial charge in [0.15, 0.2) is 5.82 Å².